The molecule has 1 aliphatic rings. The molecule has 1 aliphatic heterocycles. The lowest BCUT2D eigenvalue weighted by atomic mass is 9.94. The smallest absolute Gasteiger partial charge is 0.329 e. The van der Waals surface area contributed by atoms with Gasteiger partial charge in [-0.15, -0.1) is 0 Å². The molecule has 28 heteroatoms. The molecule has 0 unspecified atom stereocenters. The molecule has 0 aliphatic carbocycles. The molecule has 1 aromatic rings. The number of nitrogens with zero attached hydrogens (tertiary/aromatic N) is 1. The highest BCUT2D eigenvalue weighted by Crippen LogP contribution is 2.17. The van der Waals surface area contributed by atoms with Gasteiger partial charge in [0.2, 0.25) is 65.0 Å². The number of primary amides is 1. The van der Waals surface area contributed by atoms with Crippen LogP contribution in [0.3, 0.4) is 0 Å². The maximum atomic E-state index is 14.4. The average molecular weight is 1230 g/mol. The SMILES string of the molecule is CC[C@@H](C)[C@@H](NC(=O)[C@@H](CCC(N)=O)NC(=O)[C@H](CO)NC(=O)[C@@H](NC(=O)[C@@H](Cc1ccccc1)NC)[C@@H](C)CC)C(=O)N[C@H](C(=O)N[C@@H](C)C(=O)N[C@H]1C(=O)N[C@@H](C)C(=O)N[C@@H](CCCN=C(C)N)C(=O)N[C@@H]([C@@H](C)CC)C(=O)O[C@H]1C)[C@@H](C)CC. The molecule has 16 atom stereocenters. The number of aliphatic hydroxyl groups excluding tert-OH is 1. The predicted octanol–water partition coefficient (Wildman–Crippen LogP) is -1.75. The van der Waals surface area contributed by atoms with Crippen LogP contribution in [0.2, 0.25) is 0 Å². The van der Waals surface area contributed by atoms with E-state index in [1.165, 1.54) is 20.8 Å². The molecule has 1 aromatic carbocycles. The number of carbonyl (C=O) groups is 12. The number of rotatable bonds is 33. The van der Waals surface area contributed by atoms with E-state index in [0.29, 0.717) is 44.4 Å². The number of amidine groups is 1. The zero-order valence-corrected chi connectivity index (χ0v) is 52.8. The van der Waals surface area contributed by atoms with Crippen LogP contribution in [0.5, 0.6) is 0 Å². The van der Waals surface area contributed by atoms with E-state index in [9.17, 15) is 62.6 Å². The summed E-state index contributed by atoms with van der Waals surface area (Å²) in [6.07, 6.45) is -0.0250. The molecule has 488 valence electrons. The Labute approximate surface area is 510 Å². The van der Waals surface area contributed by atoms with Gasteiger partial charge in [0.05, 0.1) is 18.5 Å². The first-order valence-electron chi connectivity index (χ1n) is 30.1. The highest BCUT2D eigenvalue weighted by atomic mass is 16.5. The lowest BCUT2D eigenvalue weighted by molar-refractivity contribution is -0.157. The number of esters is 1. The molecular formula is C59H98N14O14. The van der Waals surface area contributed by atoms with Crippen molar-refractivity contribution in [3.63, 3.8) is 0 Å². The van der Waals surface area contributed by atoms with Crippen molar-refractivity contribution in [1.29, 1.82) is 0 Å². The van der Waals surface area contributed by atoms with Gasteiger partial charge in [0.25, 0.3) is 0 Å². The van der Waals surface area contributed by atoms with Gasteiger partial charge < -0.3 is 79.8 Å². The Bertz CT molecular complexity index is 2540. The van der Waals surface area contributed by atoms with Crippen LogP contribution in [0.15, 0.2) is 35.3 Å². The van der Waals surface area contributed by atoms with Crippen LogP contribution in [0.1, 0.15) is 140 Å². The fourth-order valence-electron chi connectivity index (χ4n) is 9.09. The van der Waals surface area contributed by atoms with E-state index < -0.39 is 180 Å². The number of nitrogens with two attached hydrogens (primary N) is 2. The summed E-state index contributed by atoms with van der Waals surface area (Å²) in [7, 11) is 1.60. The number of cyclic esters (lactones) is 1. The van der Waals surface area contributed by atoms with Crippen molar-refractivity contribution in [2.75, 3.05) is 20.2 Å². The van der Waals surface area contributed by atoms with E-state index in [1.54, 1.807) is 69.4 Å². The van der Waals surface area contributed by atoms with Gasteiger partial charge in [0.15, 0.2) is 0 Å². The van der Waals surface area contributed by atoms with Gasteiger partial charge in [-0.2, -0.15) is 0 Å². The normalized spacial score (nSPS) is 21.4. The standard InChI is InChI=1S/C59H98N14O14/c1-14-30(5)44(55(82)64-35(10)50(77)73-48-36(11)87-59(86)47(33(8)17-4)72-51(78)39(24-21-27-63-37(12)60)66-49(76)34(9)65-58(48)85)71-57(84)46(32(7)16-3)69-52(79)40(25-26-43(61)75)67-54(81)42(29-74)68-56(83)45(31(6)15-2)70-53(80)41(62-13)28-38-22-19-18-20-23-38/h18-20,22-23,30-36,39-42,44-48,62,74H,14-17,21,24-29H2,1-13H3,(H2,60,63)(H2,61,75)(H,64,82)(H,65,85)(H,66,76)(H,67,81)(H,68,83)(H,69,79)(H,70,80)(H,71,84)(H,72,78)(H,73,77)/t30-,31-,32+,33-,34-,35-,36-,39-,40+,41+,42-,44-,45-,46+,47-,48+/m0/s1. The van der Waals surface area contributed by atoms with Crippen molar-refractivity contribution in [3.8, 4) is 0 Å². The largest absolute Gasteiger partial charge is 0.458 e. The molecule has 0 saturated carbocycles. The van der Waals surface area contributed by atoms with Crippen molar-refractivity contribution in [1.82, 2.24) is 58.5 Å². The summed E-state index contributed by atoms with van der Waals surface area (Å²) in [5, 5.41) is 39.3. The second kappa shape index (κ2) is 37.7. The Morgan fingerprint density at radius 1 is 0.632 bits per heavy atom. The molecule has 0 spiro atoms. The molecule has 1 fully saturated rings. The molecule has 0 radical (unpaired) electrons. The van der Waals surface area contributed by atoms with E-state index in [4.69, 9.17) is 16.2 Å². The zero-order valence-electron chi connectivity index (χ0n) is 52.8. The number of aliphatic hydroxyl groups is 1. The molecule has 11 amide bonds. The van der Waals surface area contributed by atoms with Crippen LogP contribution in [0, 0.1) is 23.7 Å². The van der Waals surface area contributed by atoms with E-state index in [0.717, 1.165) is 5.56 Å². The van der Waals surface area contributed by atoms with Gasteiger partial charge in [-0.25, -0.2) is 4.79 Å². The Kier molecular flexibility index (Phi) is 32.7. The summed E-state index contributed by atoms with van der Waals surface area (Å²) in [4.78, 5) is 169. The molecule has 0 bridgehead atoms. The summed E-state index contributed by atoms with van der Waals surface area (Å²) in [5.74, 6) is -11.9. The highest BCUT2D eigenvalue weighted by molar-refractivity contribution is 5.99. The average Bonchev–Trinajstić information content (AvgIpc) is 3.36. The predicted molar refractivity (Wildman–Crippen MR) is 324 cm³/mol. The number of hydrogen-bond acceptors (Lipinski definition) is 16. The van der Waals surface area contributed by atoms with Crippen LogP contribution in [0.4, 0.5) is 0 Å². The summed E-state index contributed by atoms with van der Waals surface area (Å²) in [6, 6.07) is -5.38. The first-order valence-corrected chi connectivity index (χ1v) is 30.1. The van der Waals surface area contributed by atoms with Crippen molar-refractivity contribution in [2.45, 2.75) is 213 Å². The maximum absolute atomic E-state index is 14.4. The van der Waals surface area contributed by atoms with Gasteiger partial charge in [-0.3, -0.25) is 57.7 Å². The van der Waals surface area contributed by atoms with E-state index in [-0.39, 0.29) is 19.4 Å². The summed E-state index contributed by atoms with van der Waals surface area (Å²) in [6.45, 7) is 18.7. The van der Waals surface area contributed by atoms with E-state index in [2.05, 4.69) is 63.5 Å². The maximum Gasteiger partial charge on any atom is 0.329 e. The number of ether oxygens (including phenoxy) is 1. The first kappa shape index (κ1) is 75.3. The quantitative estimate of drug-likeness (QED) is 0.0161. The lowest BCUT2D eigenvalue weighted by Crippen LogP contribution is -2.62. The molecule has 28 nitrogen and oxygen atoms in total. The number of aliphatic imine (C=N–C) groups is 1. The highest BCUT2D eigenvalue weighted by Gasteiger charge is 2.40. The first-order chi connectivity index (χ1) is 41.0. The fraction of sp³-hybridized carbons (Fsp3) is 0.678. The number of amides is 11. The van der Waals surface area contributed by atoms with Gasteiger partial charge >= 0.3 is 5.97 Å². The Balaban J connectivity index is 2.37. The van der Waals surface area contributed by atoms with Gasteiger partial charge in [-0.05, 0) is 89.7 Å². The number of hydrogen-bond donors (Lipinski definition) is 14. The third-order valence-electron chi connectivity index (χ3n) is 15.7. The van der Waals surface area contributed by atoms with E-state index >= 15 is 0 Å². The molecule has 0 aromatic heterocycles. The second-order valence-corrected chi connectivity index (χ2v) is 22.6. The molecule has 87 heavy (non-hydrogen) atoms. The van der Waals surface area contributed by atoms with Crippen molar-refractivity contribution < 1.29 is 67.4 Å². The number of benzene rings is 1. The third kappa shape index (κ3) is 24.5. The van der Waals surface area contributed by atoms with Crippen LogP contribution in [0.25, 0.3) is 0 Å². The monoisotopic (exact) mass is 1230 g/mol. The Morgan fingerprint density at radius 2 is 1.14 bits per heavy atom. The van der Waals surface area contributed by atoms with Crippen LogP contribution >= 0.6 is 0 Å². The number of likely N-dealkylation sites (N-methyl/N-ethyl adjacent to an activating group) is 1. The number of carbonyl (C=O) groups excluding carboxylic acids is 12. The summed E-state index contributed by atoms with van der Waals surface area (Å²) < 4.78 is 5.75. The minimum absolute atomic E-state index is 0.103. The van der Waals surface area contributed by atoms with Crippen LogP contribution in [-0.4, -0.2) is 175 Å². The molecule has 1 saturated heterocycles. The molecule has 2 rings (SSSR count). The second-order valence-electron chi connectivity index (χ2n) is 22.6. The lowest BCUT2D eigenvalue weighted by Gasteiger charge is -2.31. The Hall–Kier alpha value is -7.75. The van der Waals surface area contributed by atoms with Gasteiger partial charge in [0, 0.05) is 13.0 Å². The third-order valence-corrected chi connectivity index (χ3v) is 15.7. The van der Waals surface area contributed by atoms with Crippen molar-refractivity contribution in [3.05, 3.63) is 35.9 Å². The minimum atomic E-state index is -1.67. The Morgan fingerprint density at radius 3 is 1.64 bits per heavy atom. The van der Waals surface area contributed by atoms with Gasteiger partial charge in [0.1, 0.15) is 66.5 Å². The van der Waals surface area contributed by atoms with Crippen LogP contribution in [-0.2, 0) is 68.7 Å². The topological polar surface area (TPSA) is 431 Å². The zero-order chi connectivity index (χ0) is 65.8. The fourth-order valence-corrected chi connectivity index (χ4v) is 9.09. The molecule has 16 N–H and O–H groups in total. The summed E-state index contributed by atoms with van der Waals surface area (Å²) >= 11 is 0. The van der Waals surface area contributed by atoms with Crippen molar-refractivity contribution >= 4 is 76.8 Å². The summed E-state index contributed by atoms with van der Waals surface area (Å²) in [5.41, 5.74) is 12.0. The molecular weight excluding hydrogens is 1130 g/mol. The van der Waals surface area contributed by atoms with Gasteiger partial charge in [-0.1, -0.05) is 111 Å². The van der Waals surface area contributed by atoms with E-state index in [1.807, 2.05) is 30.3 Å². The molecule has 1 heterocycles. The number of nitrogens with one attached hydrogen (secondary N) is 11. The van der Waals surface area contributed by atoms with Crippen molar-refractivity contribution in [2.24, 2.45) is 40.1 Å². The van der Waals surface area contributed by atoms with Crippen LogP contribution < -0.4 is 70.0 Å². The minimum Gasteiger partial charge on any atom is -0.458 e.